The number of anilines is 1. The van der Waals surface area contributed by atoms with Crippen molar-refractivity contribution >= 4 is 22.6 Å². The molecule has 0 bridgehead atoms. The average molecular weight is 261 g/mol. The number of aliphatic hydroxyl groups is 1. The van der Waals surface area contributed by atoms with Crippen LogP contribution < -0.4 is 5.32 Å². The Morgan fingerprint density at radius 1 is 1.53 bits per heavy atom. The largest absolute Gasteiger partial charge is 0.461 e. The molecule has 19 heavy (non-hydrogen) atoms. The summed E-state index contributed by atoms with van der Waals surface area (Å²) in [7, 11) is 0. The number of esters is 1. The van der Waals surface area contributed by atoms with Gasteiger partial charge in [0, 0.05) is 23.8 Å². The van der Waals surface area contributed by atoms with Gasteiger partial charge in [0.1, 0.15) is 0 Å². The maximum Gasteiger partial charge on any atom is 0.357 e. The second-order valence-corrected chi connectivity index (χ2v) is 3.82. The average Bonchev–Trinajstić information content (AvgIpc) is 2.44. The minimum atomic E-state index is -0.472. The smallest absolute Gasteiger partial charge is 0.357 e. The first-order valence-corrected chi connectivity index (χ1v) is 6.03. The van der Waals surface area contributed by atoms with Crippen LogP contribution in [0, 0.1) is 0 Å². The van der Waals surface area contributed by atoms with Crippen LogP contribution in [0.25, 0.3) is 10.9 Å². The van der Waals surface area contributed by atoms with Crippen LogP contribution in [0.3, 0.4) is 0 Å². The third-order valence-electron chi connectivity index (χ3n) is 2.52. The number of hydrogen-bond acceptors (Lipinski definition) is 6. The van der Waals surface area contributed by atoms with Gasteiger partial charge in [-0.15, -0.1) is 0 Å². The number of rotatable bonds is 5. The summed E-state index contributed by atoms with van der Waals surface area (Å²) < 4.78 is 4.94. The minimum Gasteiger partial charge on any atom is -0.461 e. The lowest BCUT2D eigenvalue weighted by molar-refractivity contribution is 0.0520. The summed E-state index contributed by atoms with van der Waals surface area (Å²) in [5, 5.41) is 12.8. The Kier molecular flexibility index (Phi) is 4.25. The second kappa shape index (κ2) is 6.10. The number of aliphatic hydroxyl groups excluding tert-OH is 1. The number of carbonyl (C=O) groups excluding carboxylic acids is 1. The molecular weight excluding hydrogens is 246 g/mol. The molecule has 2 N–H and O–H groups in total. The van der Waals surface area contributed by atoms with E-state index in [4.69, 9.17) is 9.84 Å². The fraction of sp³-hybridized carbons (Fsp3) is 0.308. The molecule has 0 saturated heterocycles. The summed E-state index contributed by atoms with van der Waals surface area (Å²) >= 11 is 0. The number of fused-ring (bicyclic) bond motifs is 1. The van der Waals surface area contributed by atoms with Crippen molar-refractivity contribution in [3.8, 4) is 0 Å². The van der Waals surface area contributed by atoms with Gasteiger partial charge < -0.3 is 15.2 Å². The van der Waals surface area contributed by atoms with Crippen LogP contribution >= 0.6 is 0 Å². The Bertz CT molecular complexity index is 586. The molecule has 0 spiro atoms. The summed E-state index contributed by atoms with van der Waals surface area (Å²) in [6.07, 6.45) is 3.24. The first-order valence-electron chi connectivity index (χ1n) is 6.03. The Hall–Kier alpha value is -2.21. The van der Waals surface area contributed by atoms with Crippen LogP contribution in [0.1, 0.15) is 17.4 Å². The van der Waals surface area contributed by atoms with Crippen molar-refractivity contribution in [2.75, 3.05) is 25.1 Å². The third kappa shape index (κ3) is 2.97. The summed E-state index contributed by atoms with van der Waals surface area (Å²) in [6.45, 7) is 2.43. The summed E-state index contributed by atoms with van der Waals surface area (Å²) in [5.41, 5.74) is 1.56. The Morgan fingerprint density at radius 2 is 2.37 bits per heavy atom. The predicted molar refractivity (Wildman–Crippen MR) is 71.1 cm³/mol. The zero-order valence-corrected chi connectivity index (χ0v) is 10.6. The molecule has 0 radical (unpaired) electrons. The van der Waals surface area contributed by atoms with Crippen molar-refractivity contribution in [1.82, 2.24) is 9.97 Å². The molecule has 2 aromatic rings. The van der Waals surface area contributed by atoms with Gasteiger partial charge in [-0.25, -0.2) is 9.78 Å². The van der Waals surface area contributed by atoms with E-state index >= 15 is 0 Å². The van der Waals surface area contributed by atoms with Crippen molar-refractivity contribution in [1.29, 1.82) is 0 Å². The SMILES string of the molecule is CCOC(=O)c1cc(NCCO)c2ccncc2n1. The lowest BCUT2D eigenvalue weighted by Gasteiger charge is -2.10. The minimum absolute atomic E-state index is 0.00361. The highest BCUT2D eigenvalue weighted by molar-refractivity contribution is 5.97. The Labute approximate surface area is 110 Å². The molecule has 0 aliphatic rings. The Morgan fingerprint density at radius 3 is 3.11 bits per heavy atom. The van der Waals surface area contributed by atoms with E-state index in [-0.39, 0.29) is 12.3 Å². The topological polar surface area (TPSA) is 84.3 Å². The number of aromatic nitrogens is 2. The number of carbonyl (C=O) groups is 1. The highest BCUT2D eigenvalue weighted by Crippen LogP contribution is 2.22. The lowest BCUT2D eigenvalue weighted by Crippen LogP contribution is -2.11. The van der Waals surface area contributed by atoms with E-state index in [0.717, 1.165) is 11.1 Å². The van der Waals surface area contributed by atoms with Gasteiger partial charge in [-0.1, -0.05) is 0 Å². The molecule has 0 amide bonds. The van der Waals surface area contributed by atoms with E-state index in [1.165, 1.54) is 0 Å². The van der Waals surface area contributed by atoms with Crippen molar-refractivity contribution in [3.63, 3.8) is 0 Å². The maximum absolute atomic E-state index is 11.7. The van der Waals surface area contributed by atoms with Crippen LogP contribution in [0.4, 0.5) is 5.69 Å². The van der Waals surface area contributed by atoms with Crippen molar-refractivity contribution in [2.45, 2.75) is 6.92 Å². The van der Waals surface area contributed by atoms with Gasteiger partial charge in [-0.2, -0.15) is 0 Å². The molecular formula is C13H15N3O3. The van der Waals surface area contributed by atoms with Gasteiger partial charge >= 0.3 is 5.97 Å². The summed E-state index contributed by atoms with van der Waals surface area (Å²) in [4.78, 5) is 19.9. The molecule has 0 aromatic carbocycles. The van der Waals surface area contributed by atoms with Crippen molar-refractivity contribution in [2.24, 2.45) is 0 Å². The van der Waals surface area contributed by atoms with Gasteiger partial charge in [0.25, 0.3) is 0 Å². The molecule has 100 valence electrons. The molecule has 0 saturated carbocycles. The van der Waals surface area contributed by atoms with Crippen molar-refractivity contribution in [3.05, 3.63) is 30.2 Å². The third-order valence-corrected chi connectivity index (χ3v) is 2.52. The highest BCUT2D eigenvalue weighted by Gasteiger charge is 2.12. The standard InChI is InChI=1S/C13H15N3O3/c1-2-19-13(18)11-7-10(15-5-6-17)9-3-4-14-8-12(9)16-11/h3-4,7-8,17H,2,5-6H2,1H3,(H,15,16). The molecule has 0 fully saturated rings. The molecule has 0 unspecified atom stereocenters. The molecule has 2 aromatic heterocycles. The molecule has 0 aliphatic heterocycles. The van der Waals surface area contributed by atoms with Crippen LogP contribution in [0.5, 0.6) is 0 Å². The quantitative estimate of drug-likeness (QED) is 0.787. The monoisotopic (exact) mass is 261 g/mol. The van der Waals surface area contributed by atoms with Gasteiger partial charge in [0.05, 0.1) is 24.9 Å². The zero-order chi connectivity index (χ0) is 13.7. The van der Waals surface area contributed by atoms with E-state index in [0.29, 0.717) is 18.7 Å². The predicted octanol–water partition coefficient (Wildman–Crippen LogP) is 1.21. The van der Waals surface area contributed by atoms with E-state index in [9.17, 15) is 4.79 Å². The molecule has 6 nitrogen and oxygen atoms in total. The van der Waals surface area contributed by atoms with Crippen LogP contribution in [-0.2, 0) is 4.74 Å². The number of hydrogen-bond donors (Lipinski definition) is 2. The first kappa shape index (κ1) is 13.2. The lowest BCUT2D eigenvalue weighted by atomic mass is 10.2. The van der Waals surface area contributed by atoms with Gasteiger partial charge in [-0.3, -0.25) is 4.98 Å². The summed E-state index contributed by atoms with van der Waals surface area (Å²) in [5.74, 6) is -0.472. The fourth-order valence-electron chi connectivity index (χ4n) is 1.73. The van der Waals surface area contributed by atoms with Crippen molar-refractivity contribution < 1.29 is 14.6 Å². The van der Waals surface area contributed by atoms with Gasteiger partial charge in [0.2, 0.25) is 0 Å². The number of pyridine rings is 2. The molecule has 0 atom stereocenters. The first-order chi connectivity index (χ1) is 9.26. The van der Waals surface area contributed by atoms with E-state index in [2.05, 4.69) is 15.3 Å². The Balaban J connectivity index is 2.46. The molecule has 0 aliphatic carbocycles. The number of nitrogens with zero attached hydrogens (tertiary/aromatic N) is 2. The van der Waals surface area contributed by atoms with Gasteiger partial charge in [0.15, 0.2) is 5.69 Å². The van der Waals surface area contributed by atoms with Crippen LogP contribution in [0.2, 0.25) is 0 Å². The number of ether oxygens (including phenoxy) is 1. The summed E-state index contributed by atoms with van der Waals surface area (Å²) in [6, 6.07) is 3.42. The normalized spacial score (nSPS) is 10.4. The fourth-order valence-corrected chi connectivity index (χ4v) is 1.73. The van der Waals surface area contributed by atoms with Gasteiger partial charge in [-0.05, 0) is 19.1 Å². The zero-order valence-electron chi connectivity index (χ0n) is 10.6. The van der Waals surface area contributed by atoms with E-state index in [1.807, 2.05) is 0 Å². The van der Waals surface area contributed by atoms with E-state index in [1.54, 1.807) is 31.5 Å². The molecule has 2 heterocycles. The maximum atomic E-state index is 11.7. The second-order valence-electron chi connectivity index (χ2n) is 3.82. The van der Waals surface area contributed by atoms with E-state index < -0.39 is 5.97 Å². The highest BCUT2D eigenvalue weighted by atomic mass is 16.5. The molecule has 2 rings (SSSR count). The number of nitrogens with one attached hydrogen (secondary N) is 1. The van der Waals surface area contributed by atoms with Crippen LogP contribution in [0.15, 0.2) is 24.5 Å². The van der Waals surface area contributed by atoms with Crippen LogP contribution in [-0.4, -0.2) is 40.8 Å². The molecule has 6 heteroatoms.